The predicted octanol–water partition coefficient (Wildman–Crippen LogP) is 3.28. The van der Waals surface area contributed by atoms with Crippen LogP contribution in [0.2, 0.25) is 0 Å². The third-order valence-electron chi connectivity index (χ3n) is 4.83. The molecule has 0 fully saturated rings. The minimum Gasteiger partial charge on any atom is -0.283 e. The summed E-state index contributed by atoms with van der Waals surface area (Å²) in [5.74, 6) is -2.14. The normalized spacial score (nSPS) is 10.8. The van der Waals surface area contributed by atoms with Crippen LogP contribution in [0.25, 0.3) is 10.9 Å². The zero-order chi connectivity index (χ0) is 24.1. The van der Waals surface area contributed by atoms with Gasteiger partial charge in [0.2, 0.25) is 5.91 Å². The molecule has 34 heavy (non-hydrogen) atoms. The van der Waals surface area contributed by atoms with Crippen LogP contribution in [0.1, 0.15) is 15.9 Å². The number of carbonyl (C=O) groups is 2. The van der Waals surface area contributed by atoms with Crippen molar-refractivity contribution in [2.75, 3.05) is 5.75 Å². The molecule has 4 rings (SSSR count). The molecule has 0 radical (unpaired) electrons. The van der Waals surface area contributed by atoms with Crippen molar-refractivity contribution in [3.63, 3.8) is 0 Å². The standard InChI is InChI=1S/C24H18F2N4O3S/c25-17-9-5-15(6-10-17)13-30-23(33)19-3-1-2-4-20(19)27-24(30)34-14-21(31)28-29-22(32)16-7-11-18(26)12-8-16/h1-12H,13-14H2,(H,28,31)(H,29,32). The summed E-state index contributed by atoms with van der Waals surface area (Å²) in [7, 11) is 0. The number of benzene rings is 3. The average molecular weight is 480 g/mol. The van der Waals surface area contributed by atoms with Crippen LogP contribution in [0.5, 0.6) is 0 Å². The molecule has 2 N–H and O–H groups in total. The molecular formula is C24H18F2N4O3S. The zero-order valence-electron chi connectivity index (χ0n) is 17.6. The van der Waals surface area contributed by atoms with Crippen LogP contribution in [0, 0.1) is 11.6 Å². The van der Waals surface area contributed by atoms with E-state index >= 15 is 0 Å². The number of thioether (sulfide) groups is 1. The molecule has 172 valence electrons. The summed E-state index contributed by atoms with van der Waals surface area (Å²) in [6.45, 7) is 0.141. The van der Waals surface area contributed by atoms with Crippen LogP contribution >= 0.6 is 11.8 Å². The largest absolute Gasteiger partial charge is 0.283 e. The number of aromatic nitrogens is 2. The van der Waals surface area contributed by atoms with Gasteiger partial charge in [0.25, 0.3) is 11.5 Å². The fraction of sp³-hybridized carbons (Fsp3) is 0.0833. The van der Waals surface area contributed by atoms with Gasteiger partial charge >= 0.3 is 0 Å². The molecule has 0 aliphatic heterocycles. The molecule has 3 aromatic carbocycles. The van der Waals surface area contributed by atoms with E-state index in [1.807, 2.05) is 0 Å². The maximum absolute atomic E-state index is 13.3. The van der Waals surface area contributed by atoms with Crippen LogP contribution < -0.4 is 16.4 Å². The molecule has 4 aromatic rings. The Morgan fingerprint density at radius 1 is 0.882 bits per heavy atom. The Labute approximate surface area is 196 Å². The molecule has 2 amide bonds. The number of carbonyl (C=O) groups excluding carboxylic acids is 2. The van der Waals surface area contributed by atoms with Gasteiger partial charge in [-0.25, -0.2) is 13.8 Å². The van der Waals surface area contributed by atoms with Crippen molar-refractivity contribution >= 4 is 34.5 Å². The van der Waals surface area contributed by atoms with Crippen molar-refractivity contribution in [2.45, 2.75) is 11.7 Å². The highest BCUT2D eigenvalue weighted by atomic mass is 32.2. The minimum atomic E-state index is -0.601. The molecule has 0 atom stereocenters. The summed E-state index contributed by atoms with van der Waals surface area (Å²) >= 11 is 1.02. The predicted molar refractivity (Wildman–Crippen MR) is 124 cm³/mol. The minimum absolute atomic E-state index is 0.141. The Balaban J connectivity index is 1.49. The number of nitrogens with zero attached hydrogens (tertiary/aromatic N) is 2. The van der Waals surface area contributed by atoms with Crippen molar-refractivity contribution in [1.82, 2.24) is 20.4 Å². The SMILES string of the molecule is O=C(CSc1nc2ccccc2c(=O)n1Cc1ccc(F)cc1)NNC(=O)c1ccc(F)cc1. The van der Waals surface area contributed by atoms with Crippen LogP contribution in [-0.2, 0) is 11.3 Å². The van der Waals surface area contributed by atoms with E-state index in [4.69, 9.17) is 0 Å². The molecule has 0 aliphatic carbocycles. The Morgan fingerprint density at radius 2 is 1.53 bits per heavy atom. The van der Waals surface area contributed by atoms with Crippen LogP contribution in [-0.4, -0.2) is 27.1 Å². The first kappa shape index (κ1) is 23.1. The molecule has 0 bridgehead atoms. The van der Waals surface area contributed by atoms with E-state index in [2.05, 4.69) is 15.8 Å². The summed E-state index contributed by atoms with van der Waals surface area (Å²) in [5.41, 5.74) is 5.60. The van der Waals surface area contributed by atoms with Gasteiger partial charge in [0, 0.05) is 5.56 Å². The highest BCUT2D eigenvalue weighted by Gasteiger charge is 2.14. The molecule has 0 unspecified atom stereocenters. The topological polar surface area (TPSA) is 93.1 Å². The van der Waals surface area contributed by atoms with Gasteiger partial charge in [0.05, 0.1) is 23.2 Å². The number of rotatable bonds is 6. The van der Waals surface area contributed by atoms with E-state index in [-0.39, 0.29) is 29.2 Å². The van der Waals surface area contributed by atoms with Crippen LogP contribution in [0.3, 0.4) is 0 Å². The maximum atomic E-state index is 13.3. The fourth-order valence-corrected chi connectivity index (χ4v) is 3.93. The second-order valence-electron chi connectivity index (χ2n) is 7.23. The third-order valence-corrected chi connectivity index (χ3v) is 5.81. The lowest BCUT2D eigenvalue weighted by atomic mass is 10.2. The van der Waals surface area contributed by atoms with Crippen molar-refractivity contribution in [1.29, 1.82) is 0 Å². The highest BCUT2D eigenvalue weighted by molar-refractivity contribution is 7.99. The molecule has 0 saturated carbocycles. The van der Waals surface area contributed by atoms with E-state index in [1.54, 1.807) is 36.4 Å². The Hall–Kier alpha value is -4.05. The van der Waals surface area contributed by atoms with Gasteiger partial charge in [-0.3, -0.25) is 29.8 Å². The first-order valence-corrected chi connectivity index (χ1v) is 11.1. The van der Waals surface area contributed by atoms with Crippen molar-refractivity contribution in [2.24, 2.45) is 0 Å². The molecule has 1 aromatic heterocycles. The molecular weight excluding hydrogens is 462 g/mol. The average Bonchev–Trinajstić information content (AvgIpc) is 2.85. The first-order chi connectivity index (χ1) is 16.4. The number of para-hydroxylation sites is 1. The molecule has 7 nitrogen and oxygen atoms in total. The van der Waals surface area contributed by atoms with E-state index < -0.39 is 17.6 Å². The number of nitrogens with one attached hydrogen (secondary N) is 2. The van der Waals surface area contributed by atoms with Crippen molar-refractivity contribution < 1.29 is 18.4 Å². The lowest BCUT2D eigenvalue weighted by Crippen LogP contribution is -2.42. The van der Waals surface area contributed by atoms with Gasteiger partial charge in [0.1, 0.15) is 11.6 Å². The summed E-state index contributed by atoms with van der Waals surface area (Å²) in [4.78, 5) is 42.0. The summed E-state index contributed by atoms with van der Waals surface area (Å²) in [5, 5.41) is 0.720. The number of hydrazine groups is 1. The van der Waals surface area contributed by atoms with E-state index in [1.165, 1.54) is 28.8 Å². The second kappa shape index (κ2) is 10.3. The van der Waals surface area contributed by atoms with Gasteiger partial charge in [-0.05, 0) is 54.1 Å². The van der Waals surface area contributed by atoms with Gasteiger partial charge in [-0.15, -0.1) is 0 Å². The zero-order valence-corrected chi connectivity index (χ0v) is 18.4. The van der Waals surface area contributed by atoms with E-state index in [0.29, 0.717) is 21.6 Å². The molecule has 0 saturated heterocycles. The Kier molecular flexibility index (Phi) is 6.98. The molecule has 0 aliphatic rings. The fourth-order valence-electron chi connectivity index (χ4n) is 3.14. The lowest BCUT2D eigenvalue weighted by molar-refractivity contribution is -0.119. The van der Waals surface area contributed by atoms with Crippen molar-refractivity contribution in [3.05, 3.63) is 106 Å². The number of amides is 2. The monoisotopic (exact) mass is 480 g/mol. The lowest BCUT2D eigenvalue weighted by Gasteiger charge is -2.13. The molecule has 1 heterocycles. The summed E-state index contributed by atoms with van der Waals surface area (Å²) in [6, 6.07) is 17.5. The van der Waals surface area contributed by atoms with Gasteiger partial charge in [-0.2, -0.15) is 0 Å². The molecule has 0 spiro atoms. The van der Waals surface area contributed by atoms with Gasteiger partial charge < -0.3 is 0 Å². The number of halogens is 2. The Morgan fingerprint density at radius 3 is 2.24 bits per heavy atom. The highest BCUT2D eigenvalue weighted by Crippen LogP contribution is 2.19. The van der Waals surface area contributed by atoms with Gasteiger partial charge in [0.15, 0.2) is 5.16 Å². The van der Waals surface area contributed by atoms with Crippen molar-refractivity contribution in [3.8, 4) is 0 Å². The number of fused-ring (bicyclic) bond motifs is 1. The maximum Gasteiger partial charge on any atom is 0.269 e. The van der Waals surface area contributed by atoms with Gasteiger partial charge in [-0.1, -0.05) is 36.0 Å². The smallest absolute Gasteiger partial charge is 0.269 e. The van der Waals surface area contributed by atoms with E-state index in [9.17, 15) is 23.2 Å². The number of hydrogen-bond donors (Lipinski definition) is 2. The first-order valence-electron chi connectivity index (χ1n) is 10.1. The summed E-state index contributed by atoms with van der Waals surface area (Å²) in [6.07, 6.45) is 0. The second-order valence-corrected chi connectivity index (χ2v) is 8.17. The Bertz CT molecular complexity index is 1410. The number of hydrogen-bond acceptors (Lipinski definition) is 5. The third kappa shape index (κ3) is 5.46. The molecule has 10 heteroatoms. The van der Waals surface area contributed by atoms with Crippen LogP contribution in [0.4, 0.5) is 8.78 Å². The quantitative estimate of drug-likeness (QED) is 0.251. The summed E-state index contributed by atoms with van der Waals surface area (Å²) < 4.78 is 27.7. The van der Waals surface area contributed by atoms with Crippen LogP contribution in [0.15, 0.2) is 82.7 Å². The van der Waals surface area contributed by atoms with E-state index in [0.717, 1.165) is 23.9 Å².